The van der Waals surface area contributed by atoms with Gasteiger partial charge in [0.1, 0.15) is 0 Å². The second-order valence-corrected chi connectivity index (χ2v) is 5.88. The van der Waals surface area contributed by atoms with Crippen molar-refractivity contribution in [1.82, 2.24) is 10.2 Å². The number of hydrogen-bond donors (Lipinski definition) is 1. The molecule has 0 aromatic rings. The van der Waals surface area contributed by atoms with E-state index in [-0.39, 0.29) is 0 Å². The van der Waals surface area contributed by atoms with E-state index in [1.54, 1.807) is 0 Å². The molecule has 3 heteroatoms. The molecule has 2 rings (SSSR count). The van der Waals surface area contributed by atoms with Crippen molar-refractivity contribution in [2.45, 2.75) is 43.4 Å². The lowest BCUT2D eigenvalue weighted by molar-refractivity contribution is 0.193. The highest BCUT2D eigenvalue weighted by Crippen LogP contribution is 2.22. The van der Waals surface area contributed by atoms with Crippen LogP contribution in [-0.4, -0.2) is 48.6 Å². The number of thioether (sulfide) groups is 1. The molecular weight excluding hydrogens is 204 g/mol. The van der Waals surface area contributed by atoms with Gasteiger partial charge in [-0.3, -0.25) is 4.90 Å². The van der Waals surface area contributed by atoms with Crippen LogP contribution in [0.3, 0.4) is 0 Å². The molecule has 15 heavy (non-hydrogen) atoms. The zero-order valence-corrected chi connectivity index (χ0v) is 10.7. The Bertz CT molecular complexity index is 178. The molecular formula is C12H24N2S. The van der Waals surface area contributed by atoms with Gasteiger partial charge >= 0.3 is 0 Å². The van der Waals surface area contributed by atoms with E-state index < -0.39 is 0 Å². The predicted molar refractivity (Wildman–Crippen MR) is 68.6 cm³/mol. The predicted octanol–water partition coefficient (Wildman–Crippen LogP) is 1.96. The second kappa shape index (κ2) is 6.12. The summed E-state index contributed by atoms with van der Waals surface area (Å²) >= 11 is 2.04. The van der Waals surface area contributed by atoms with Gasteiger partial charge < -0.3 is 5.32 Å². The van der Waals surface area contributed by atoms with Gasteiger partial charge in [0, 0.05) is 24.4 Å². The second-order valence-electron chi connectivity index (χ2n) is 4.80. The van der Waals surface area contributed by atoms with Gasteiger partial charge in [-0.05, 0) is 32.2 Å². The van der Waals surface area contributed by atoms with Crippen LogP contribution >= 0.6 is 11.8 Å². The molecule has 1 N–H and O–H groups in total. The summed E-state index contributed by atoms with van der Waals surface area (Å²) in [6.07, 6.45) is 9.44. The highest BCUT2D eigenvalue weighted by molar-refractivity contribution is 7.99. The quantitative estimate of drug-likeness (QED) is 0.778. The van der Waals surface area contributed by atoms with Crippen LogP contribution in [-0.2, 0) is 0 Å². The van der Waals surface area contributed by atoms with Crippen molar-refractivity contribution in [2.24, 2.45) is 0 Å². The van der Waals surface area contributed by atoms with Gasteiger partial charge in [0.25, 0.3) is 0 Å². The zero-order chi connectivity index (χ0) is 10.5. The number of rotatable bonds is 2. The minimum Gasteiger partial charge on any atom is -0.314 e. The first-order valence-electron chi connectivity index (χ1n) is 6.39. The molecule has 0 aromatic carbocycles. The third-order valence-corrected chi connectivity index (χ3v) is 4.88. The largest absolute Gasteiger partial charge is 0.314 e. The van der Waals surface area contributed by atoms with Crippen LogP contribution in [0.2, 0.25) is 0 Å². The third kappa shape index (κ3) is 3.11. The molecule has 0 bridgehead atoms. The first kappa shape index (κ1) is 11.7. The molecule has 2 fully saturated rings. The number of hydrogen-bond acceptors (Lipinski definition) is 3. The molecule has 2 nitrogen and oxygen atoms in total. The smallest absolute Gasteiger partial charge is 0.0351 e. The summed E-state index contributed by atoms with van der Waals surface area (Å²) in [5.41, 5.74) is 0. The molecule has 0 aromatic heterocycles. The molecule has 2 aliphatic heterocycles. The van der Waals surface area contributed by atoms with Crippen molar-refractivity contribution < 1.29 is 0 Å². The maximum atomic E-state index is 3.54. The van der Waals surface area contributed by atoms with E-state index in [1.165, 1.54) is 58.3 Å². The third-order valence-electron chi connectivity index (χ3n) is 3.79. The van der Waals surface area contributed by atoms with E-state index in [0.29, 0.717) is 0 Å². The summed E-state index contributed by atoms with van der Waals surface area (Å²) in [7, 11) is 0. The molecule has 0 spiro atoms. The molecule has 2 saturated heterocycles. The van der Waals surface area contributed by atoms with Crippen molar-refractivity contribution in [3.05, 3.63) is 0 Å². The summed E-state index contributed by atoms with van der Waals surface area (Å²) < 4.78 is 0. The van der Waals surface area contributed by atoms with Gasteiger partial charge in [-0.2, -0.15) is 11.8 Å². The van der Waals surface area contributed by atoms with Crippen molar-refractivity contribution in [1.29, 1.82) is 0 Å². The lowest BCUT2D eigenvalue weighted by Gasteiger charge is -2.33. The molecule has 0 radical (unpaired) electrons. The first-order chi connectivity index (χ1) is 7.42. The van der Waals surface area contributed by atoms with E-state index >= 15 is 0 Å². The van der Waals surface area contributed by atoms with Crippen LogP contribution in [0, 0.1) is 0 Å². The summed E-state index contributed by atoms with van der Waals surface area (Å²) in [5.74, 6) is 0. The van der Waals surface area contributed by atoms with Crippen LogP contribution < -0.4 is 5.32 Å². The molecule has 88 valence electrons. The van der Waals surface area contributed by atoms with E-state index in [9.17, 15) is 0 Å². The molecule has 0 amide bonds. The Kier molecular flexibility index (Phi) is 4.79. The summed E-state index contributed by atoms with van der Waals surface area (Å²) in [6, 6.07) is 0.804. The Labute approximate surface area is 98.2 Å². The maximum Gasteiger partial charge on any atom is 0.0351 e. The minimum absolute atomic E-state index is 0.804. The van der Waals surface area contributed by atoms with E-state index in [0.717, 1.165) is 11.3 Å². The van der Waals surface area contributed by atoms with Crippen LogP contribution in [0.25, 0.3) is 0 Å². The molecule has 0 aliphatic carbocycles. The molecule has 0 saturated carbocycles. The standard InChI is InChI=1S/C12H24N2S/c1-15-12-10-13-9-11(12)14-7-5-3-2-4-6-8-14/h11-13H,2-10H2,1H3. The maximum absolute atomic E-state index is 3.54. The van der Waals surface area contributed by atoms with E-state index in [2.05, 4.69) is 16.5 Å². The van der Waals surface area contributed by atoms with E-state index in [4.69, 9.17) is 0 Å². The van der Waals surface area contributed by atoms with Gasteiger partial charge in [-0.1, -0.05) is 19.3 Å². The van der Waals surface area contributed by atoms with Crippen molar-refractivity contribution >= 4 is 11.8 Å². The Morgan fingerprint density at radius 3 is 2.33 bits per heavy atom. The normalized spacial score (nSPS) is 35.0. The molecule has 2 heterocycles. The zero-order valence-electron chi connectivity index (χ0n) is 9.87. The average Bonchev–Trinajstić information content (AvgIpc) is 2.65. The van der Waals surface area contributed by atoms with Gasteiger partial charge in [-0.15, -0.1) is 0 Å². The van der Waals surface area contributed by atoms with Gasteiger partial charge in [0.15, 0.2) is 0 Å². The van der Waals surface area contributed by atoms with Crippen LogP contribution in [0.5, 0.6) is 0 Å². The molecule has 2 unspecified atom stereocenters. The monoisotopic (exact) mass is 228 g/mol. The fourth-order valence-corrected chi connectivity index (χ4v) is 3.72. The Morgan fingerprint density at radius 2 is 1.67 bits per heavy atom. The highest BCUT2D eigenvalue weighted by atomic mass is 32.2. The van der Waals surface area contributed by atoms with Crippen molar-refractivity contribution in [2.75, 3.05) is 32.4 Å². The minimum atomic E-state index is 0.804. The number of nitrogens with zero attached hydrogens (tertiary/aromatic N) is 1. The SMILES string of the molecule is CSC1CNCC1N1CCCCCCC1. The Hall–Kier alpha value is 0.270. The lowest BCUT2D eigenvalue weighted by atomic mass is 10.1. The number of nitrogens with one attached hydrogen (secondary N) is 1. The van der Waals surface area contributed by atoms with Gasteiger partial charge in [0.2, 0.25) is 0 Å². The first-order valence-corrected chi connectivity index (χ1v) is 7.68. The number of likely N-dealkylation sites (tertiary alicyclic amines) is 1. The van der Waals surface area contributed by atoms with Gasteiger partial charge in [0.05, 0.1) is 0 Å². The average molecular weight is 228 g/mol. The van der Waals surface area contributed by atoms with Crippen LogP contribution in [0.1, 0.15) is 32.1 Å². The van der Waals surface area contributed by atoms with Crippen LogP contribution in [0.15, 0.2) is 0 Å². The van der Waals surface area contributed by atoms with Crippen molar-refractivity contribution in [3.8, 4) is 0 Å². The summed E-state index contributed by atoms with van der Waals surface area (Å²) in [4.78, 5) is 2.75. The molecule has 2 atom stereocenters. The Morgan fingerprint density at radius 1 is 1.00 bits per heavy atom. The summed E-state index contributed by atoms with van der Waals surface area (Å²) in [6.45, 7) is 5.10. The highest BCUT2D eigenvalue weighted by Gasteiger charge is 2.30. The van der Waals surface area contributed by atoms with Gasteiger partial charge in [-0.25, -0.2) is 0 Å². The fourth-order valence-electron chi connectivity index (χ4n) is 2.85. The lowest BCUT2D eigenvalue weighted by Crippen LogP contribution is -2.43. The summed E-state index contributed by atoms with van der Waals surface area (Å²) in [5, 5.41) is 4.37. The van der Waals surface area contributed by atoms with Crippen LogP contribution in [0.4, 0.5) is 0 Å². The van der Waals surface area contributed by atoms with Crippen molar-refractivity contribution in [3.63, 3.8) is 0 Å². The fraction of sp³-hybridized carbons (Fsp3) is 1.00. The topological polar surface area (TPSA) is 15.3 Å². The van der Waals surface area contributed by atoms with E-state index in [1.807, 2.05) is 11.8 Å². The Balaban J connectivity index is 1.88. The molecule has 2 aliphatic rings.